The highest BCUT2D eigenvalue weighted by Crippen LogP contribution is 2.29. The van der Waals surface area contributed by atoms with E-state index in [1.165, 1.54) is 0 Å². The van der Waals surface area contributed by atoms with Crippen LogP contribution in [-0.2, 0) is 15.0 Å². The zero-order chi connectivity index (χ0) is 18.4. The van der Waals surface area contributed by atoms with Gasteiger partial charge >= 0.3 is 11.8 Å². The molecule has 0 aliphatic carbocycles. The van der Waals surface area contributed by atoms with Gasteiger partial charge < -0.3 is 15.4 Å². The summed E-state index contributed by atoms with van der Waals surface area (Å²) in [5.41, 5.74) is 1.91. The van der Waals surface area contributed by atoms with E-state index in [0.717, 1.165) is 5.56 Å². The van der Waals surface area contributed by atoms with Crippen LogP contribution in [-0.4, -0.2) is 18.4 Å². The van der Waals surface area contributed by atoms with Crippen molar-refractivity contribution in [2.24, 2.45) is 0 Å². The number of carbonyl (C=O) groups excluding carboxylic acids is 2. The summed E-state index contributed by atoms with van der Waals surface area (Å²) in [7, 11) is 0. The molecule has 2 amide bonds. The van der Waals surface area contributed by atoms with Gasteiger partial charge in [-0.1, -0.05) is 51.1 Å². The van der Waals surface area contributed by atoms with Crippen molar-refractivity contribution < 1.29 is 14.3 Å². The highest BCUT2D eigenvalue weighted by molar-refractivity contribution is 6.43. The van der Waals surface area contributed by atoms with Gasteiger partial charge in [-0.2, -0.15) is 0 Å². The number of ether oxygens (including phenoxy) is 1. The third kappa shape index (κ3) is 4.83. The van der Waals surface area contributed by atoms with Gasteiger partial charge in [-0.25, -0.2) is 0 Å². The smallest absolute Gasteiger partial charge is 0.314 e. The SMILES string of the molecule is CCOc1ccccc1NC(=O)C(=O)Nc1ccccc1C(C)(C)C. The number of rotatable bonds is 4. The van der Waals surface area contributed by atoms with Gasteiger partial charge in [0.1, 0.15) is 5.75 Å². The van der Waals surface area contributed by atoms with Crippen LogP contribution in [0.15, 0.2) is 48.5 Å². The molecule has 2 aromatic rings. The molecule has 0 saturated carbocycles. The number of amides is 2. The Morgan fingerprint density at radius 2 is 1.40 bits per heavy atom. The zero-order valence-electron chi connectivity index (χ0n) is 15.1. The van der Waals surface area contributed by atoms with E-state index < -0.39 is 11.8 Å². The Balaban J connectivity index is 2.14. The van der Waals surface area contributed by atoms with Crippen molar-refractivity contribution in [3.05, 3.63) is 54.1 Å². The lowest BCUT2D eigenvalue weighted by Gasteiger charge is -2.22. The summed E-state index contributed by atoms with van der Waals surface area (Å²) in [5.74, 6) is -0.930. The van der Waals surface area contributed by atoms with E-state index in [-0.39, 0.29) is 5.41 Å². The van der Waals surface area contributed by atoms with Crippen LogP contribution < -0.4 is 15.4 Å². The molecule has 5 nitrogen and oxygen atoms in total. The van der Waals surface area contributed by atoms with Crippen molar-refractivity contribution in [1.82, 2.24) is 0 Å². The second kappa shape index (κ2) is 7.83. The summed E-state index contributed by atoms with van der Waals surface area (Å²) in [4.78, 5) is 24.6. The molecule has 2 aromatic carbocycles. The first-order chi connectivity index (χ1) is 11.8. The maximum absolute atomic E-state index is 12.3. The van der Waals surface area contributed by atoms with E-state index in [9.17, 15) is 9.59 Å². The maximum Gasteiger partial charge on any atom is 0.314 e. The van der Waals surface area contributed by atoms with Crippen molar-refractivity contribution in [1.29, 1.82) is 0 Å². The van der Waals surface area contributed by atoms with Crippen LogP contribution in [0.25, 0.3) is 0 Å². The zero-order valence-corrected chi connectivity index (χ0v) is 15.1. The van der Waals surface area contributed by atoms with Gasteiger partial charge in [0.25, 0.3) is 0 Å². The number of anilines is 2. The Morgan fingerprint density at radius 1 is 0.880 bits per heavy atom. The molecule has 0 bridgehead atoms. The molecule has 25 heavy (non-hydrogen) atoms. The molecular weight excluding hydrogens is 316 g/mol. The maximum atomic E-state index is 12.3. The van der Waals surface area contributed by atoms with E-state index >= 15 is 0 Å². The van der Waals surface area contributed by atoms with E-state index in [1.807, 2.05) is 25.1 Å². The Hall–Kier alpha value is -2.82. The summed E-state index contributed by atoms with van der Waals surface area (Å²) >= 11 is 0. The Labute approximate surface area is 148 Å². The Kier molecular flexibility index (Phi) is 5.80. The van der Waals surface area contributed by atoms with Crippen LogP contribution in [0.3, 0.4) is 0 Å². The first-order valence-electron chi connectivity index (χ1n) is 8.26. The fourth-order valence-corrected chi connectivity index (χ4v) is 2.46. The van der Waals surface area contributed by atoms with Gasteiger partial charge in [-0.15, -0.1) is 0 Å². The number of hydrogen-bond donors (Lipinski definition) is 2. The highest BCUT2D eigenvalue weighted by Gasteiger charge is 2.21. The van der Waals surface area contributed by atoms with Gasteiger partial charge in [0.05, 0.1) is 12.3 Å². The fourth-order valence-electron chi connectivity index (χ4n) is 2.46. The largest absolute Gasteiger partial charge is 0.492 e. The lowest BCUT2D eigenvalue weighted by molar-refractivity contribution is -0.133. The van der Waals surface area contributed by atoms with Crippen LogP contribution >= 0.6 is 0 Å². The second-order valence-corrected chi connectivity index (χ2v) is 6.63. The van der Waals surface area contributed by atoms with Gasteiger partial charge in [0.2, 0.25) is 0 Å². The summed E-state index contributed by atoms with van der Waals surface area (Å²) in [6.45, 7) is 8.48. The molecule has 5 heteroatoms. The van der Waals surface area contributed by atoms with Crippen LogP contribution in [0.1, 0.15) is 33.3 Å². The van der Waals surface area contributed by atoms with Gasteiger partial charge in [0.15, 0.2) is 0 Å². The predicted molar refractivity (Wildman–Crippen MR) is 100 cm³/mol. The minimum atomic E-state index is -0.740. The monoisotopic (exact) mass is 340 g/mol. The van der Waals surface area contributed by atoms with Crippen molar-refractivity contribution in [3.63, 3.8) is 0 Å². The molecule has 0 unspecified atom stereocenters. The number of carbonyl (C=O) groups is 2. The number of hydrogen-bond acceptors (Lipinski definition) is 3. The molecule has 0 atom stereocenters. The highest BCUT2D eigenvalue weighted by atomic mass is 16.5. The minimum absolute atomic E-state index is 0.151. The second-order valence-electron chi connectivity index (χ2n) is 6.63. The average Bonchev–Trinajstić information content (AvgIpc) is 2.56. The van der Waals surface area contributed by atoms with Crippen LogP contribution in [0, 0.1) is 0 Å². The Bertz CT molecular complexity index is 764. The third-order valence-corrected chi connectivity index (χ3v) is 3.62. The van der Waals surface area contributed by atoms with Crippen LogP contribution in [0.2, 0.25) is 0 Å². The molecule has 2 rings (SSSR count). The topological polar surface area (TPSA) is 67.4 Å². The lowest BCUT2D eigenvalue weighted by atomic mass is 9.86. The summed E-state index contributed by atoms with van der Waals surface area (Å²) in [6, 6.07) is 14.5. The standard InChI is InChI=1S/C20H24N2O3/c1-5-25-17-13-9-8-12-16(17)22-19(24)18(23)21-15-11-7-6-10-14(15)20(2,3)4/h6-13H,5H2,1-4H3,(H,21,23)(H,22,24). The third-order valence-electron chi connectivity index (χ3n) is 3.62. The van der Waals surface area contributed by atoms with Gasteiger partial charge in [-0.05, 0) is 36.1 Å². The minimum Gasteiger partial charge on any atom is -0.492 e. The Morgan fingerprint density at radius 3 is 2.00 bits per heavy atom. The van der Waals surface area contributed by atoms with Crippen LogP contribution in [0.5, 0.6) is 5.75 Å². The summed E-state index contributed by atoms with van der Waals surface area (Å²) < 4.78 is 5.45. The number of para-hydroxylation sites is 3. The molecule has 0 aliphatic rings. The van der Waals surface area contributed by atoms with E-state index in [0.29, 0.717) is 23.7 Å². The van der Waals surface area contributed by atoms with Crippen molar-refractivity contribution in [2.75, 3.05) is 17.2 Å². The lowest BCUT2D eigenvalue weighted by Crippen LogP contribution is -2.30. The van der Waals surface area contributed by atoms with E-state index in [4.69, 9.17) is 4.74 Å². The average molecular weight is 340 g/mol. The van der Waals surface area contributed by atoms with Crippen LogP contribution in [0.4, 0.5) is 11.4 Å². The first-order valence-corrected chi connectivity index (χ1v) is 8.26. The number of nitrogens with one attached hydrogen (secondary N) is 2. The molecule has 0 aromatic heterocycles. The molecule has 0 spiro atoms. The predicted octanol–water partition coefficient (Wildman–Crippen LogP) is 3.96. The summed E-state index contributed by atoms with van der Waals surface area (Å²) in [5, 5.41) is 5.29. The normalized spacial score (nSPS) is 10.9. The molecule has 0 aliphatic heterocycles. The molecule has 0 radical (unpaired) electrons. The molecule has 132 valence electrons. The fraction of sp³-hybridized carbons (Fsp3) is 0.300. The van der Waals surface area contributed by atoms with Crippen molar-refractivity contribution >= 4 is 23.2 Å². The van der Waals surface area contributed by atoms with Crippen molar-refractivity contribution in [2.45, 2.75) is 33.1 Å². The number of benzene rings is 2. The van der Waals surface area contributed by atoms with E-state index in [2.05, 4.69) is 31.4 Å². The molecule has 0 fully saturated rings. The quantitative estimate of drug-likeness (QED) is 0.828. The van der Waals surface area contributed by atoms with Crippen molar-refractivity contribution in [3.8, 4) is 5.75 Å². The summed E-state index contributed by atoms with van der Waals surface area (Å²) in [6.07, 6.45) is 0. The molecule has 2 N–H and O–H groups in total. The van der Waals surface area contributed by atoms with E-state index in [1.54, 1.807) is 30.3 Å². The molecule has 0 heterocycles. The molecular formula is C20H24N2O3. The first kappa shape index (κ1) is 18.5. The molecule has 0 saturated heterocycles. The van der Waals surface area contributed by atoms with Gasteiger partial charge in [-0.3, -0.25) is 9.59 Å². The van der Waals surface area contributed by atoms with Gasteiger partial charge in [0, 0.05) is 5.69 Å².